The van der Waals surface area contributed by atoms with E-state index in [1.54, 1.807) is 4.90 Å². The topological polar surface area (TPSA) is 78.0 Å². The Bertz CT molecular complexity index is 1120. The maximum atomic E-state index is 13.2. The molecule has 0 saturated carbocycles. The van der Waals surface area contributed by atoms with Gasteiger partial charge in [-0.3, -0.25) is 14.5 Å². The Morgan fingerprint density at radius 1 is 0.968 bits per heavy atom. The second kappa shape index (κ2) is 7.91. The minimum Gasteiger partial charge on any atom is -0.340 e. The van der Waals surface area contributed by atoms with Crippen LogP contribution in [0.3, 0.4) is 0 Å². The average Bonchev–Trinajstić information content (AvgIpc) is 3.35. The van der Waals surface area contributed by atoms with E-state index in [-0.39, 0.29) is 41.7 Å². The van der Waals surface area contributed by atoms with Crippen LogP contribution in [-0.2, 0) is 19.4 Å². The molecule has 2 atom stereocenters. The number of nitrogens with zero attached hydrogens (tertiary/aromatic N) is 3. The third-order valence-corrected chi connectivity index (χ3v) is 8.63. The molecule has 0 radical (unpaired) electrons. The molecule has 0 bridgehead atoms. The lowest BCUT2D eigenvalue weighted by Crippen LogP contribution is -2.53. The summed E-state index contributed by atoms with van der Waals surface area (Å²) >= 11 is 0. The van der Waals surface area contributed by atoms with Gasteiger partial charge in [-0.25, -0.2) is 8.42 Å². The standard InChI is InChI=1S/C23H27N3O4S/c27-22-14-18(15-26(22)21-7-3-5-17-4-1-2-6-20(17)21)23(28)25-11-9-24(10-12-25)19-8-13-31(29,30)16-19/h1-7,18-19H,8-16H2/t18-,19+/m1/s1. The number of hydrogen-bond acceptors (Lipinski definition) is 5. The highest BCUT2D eigenvalue weighted by atomic mass is 32.2. The molecule has 0 N–H and O–H groups in total. The molecule has 5 rings (SSSR count). The van der Waals surface area contributed by atoms with Gasteiger partial charge >= 0.3 is 0 Å². The molecule has 3 heterocycles. The summed E-state index contributed by atoms with van der Waals surface area (Å²) in [4.78, 5) is 31.8. The first kappa shape index (κ1) is 20.5. The zero-order valence-electron chi connectivity index (χ0n) is 17.4. The Hall–Kier alpha value is -2.45. The molecule has 7 nitrogen and oxygen atoms in total. The Labute approximate surface area is 182 Å². The molecule has 3 fully saturated rings. The monoisotopic (exact) mass is 441 g/mol. The summed E-state index contributed by atoms with van der Waals surface area (Å²) in [5, 5.41) is 2.10. The molecular weight excluding hydrogens is 414 g/mol. The number of sulfone groups is 1. The normalized spacial score (nSPS) is 26.6. The number of rotatable bonds is 3. The maximum absolute atomic E-state index is 13.2. The number of piperazine rings is 1. The van der Waals surface area contributed by atoms with E-state index in [0.29, 0.717) is 39.1 Å². The van der Waals surface area contributed by atoms with Gasteiger partial charge in [0.2, 0.25) is 11.8 Å². The zero-order valence-corrected chi connectivity index (χ0v) is 18.3. The molecule has 0 aromatic heterocycles. The molecule has 164 valence electrons. The van der Waals surface area contributed by atoms with Crippen LogP contribution < -0.4 is 4.90 Å². The van der Waals surface area contributed by atoms with Gasteiger partial charge in [0.1, 0.15) is 0 Å². The zero-order chi connectivity index (χ0) is 21.6. The highest BCUT2D eigenvalue weighted by Gasteiger charge is 2.39. The smallest absolute Gasteiger partial charge is 0.228 e. The molecule has 3 aliphatic heterocycles. The van der Waals surface area contributed by atoms with E-state index in [2.05, 4.69) is 4.90 Å². The third kappa shape index (κ3) is 3.94. The number of anilines is 1. The molecular formula is C23H27N3O4S. The van der Waals surface area contributed by atoms with Crippen molar-refractivity contribution in [1.29, 1.82) is 0 Å². The second-order valence-corrected chi connectivity index (χ2v) is 11.1. The van der Waals surface area contributed by atoms with Crippen molar-refractivity contribution in [2.24, 2.45) is 5.92 Å². The van der Waals surface area contributed by atoms with Crippen molar-refractivity contribution in [3.05, 3.63) is 42.5 Å². The largest absolute Gasteiger partial charge is 0.340 e. The number of amides is 2. The molecule has 3 saturated heterocycles. The minimum atomic E-state index is -2.91. The van der Waals surface area contributed by atoms with Crippen molar-refractivity contribution >= 4 is 38.1 Å². The fourth-order valence-electron chi connectivity index (χ4n) is 5.18. The van der Waals surface area contributed by atoms with E-state index in [4.69, 9.17) is 0 Å². The van der Waals surface area contributed by atoms with Gasteiger partial charge in [-0.15, -0.1) is 0 Å². The number of fused-ring (bicyclic) bond motifs is 1. The Kier molecular flexibility index (Phi) is 5.22. The van der Waals surface area contributed by atoms with Crippen molar-refractivity contribution in [1.82, 2.24) is 9.80 Å². The summed E-state index contributed by atoms with van der Waals surface area (Å²) in [6, 6.07) is 14.0. The lowest BCUT2D eigenvalue weighted by Gasteiger charge is -2.38. The van der Waals surface area contributed by atoms with Crippen LogP contribution in [0.2, 0.25) is 0 Å². The van der Waals surface area contributed by atoms with Crippen LogP contribution in [0.4, 0.5) is 5.69 Å². The first-order chi connectivity index (χ1) is 14.9. The summed E-state index contributed by atoms with van der Waals surface area (Å²) < 4.78 is 23.5. The Morgan fingerprint density at radius 2 is 1.71 bits per heavy atom. The van der Waals surface area contributed by atoms with E-state index < -0.39 is 9.84 Å². The van der Waals surface area contributed by atoms with Gasteiger partial charge in [0.25, 0.3) is 0 Å². The van der Waals surface area contributed by atoms with Crippen molar-refractivity contribution < 1.29 is 18.0 Å². The van der Waals surface area contributed by atoms with E-state index in [9.17, 15) is 18.0 Å². The van der Waals surface area contributed by atoms with Crippen LogP contribution in [0.1, 0.15) is 12.8 Å². The predicted octanol–water partition coefficient (Wildman–Crippen LogP) is 1.52. The third-order valence-electron chi connectivity index (χ3n) is 6.88. The highest BCUT2D eigenvalue weighted by molar-refractivity contribution is 7.91. The van der Waals surface area contributed by atoms with E-state index in [1.165, 1.54) is 0 Å². The first-order valence-electron chi connectivity index (χ1n) is 10.9. The van der Waals surface area contributed by atoms with Gasteiger partial charge in [0.05, 0.1) is 23.1 Å². The van der Waals surface area contributed by atoms with Gasteiger partial charge in [-0.2, -0.15) is 0 Å². The highest BCUT2D eigenvalue weighted by Crippen LogP contribution is 2.32. The van der Waals surface area contributed by atoms with Crippen LogP contribution >= 0.6 is 0 Å². The summed E-state index contributed by atoms with van der Waals surface area (Å²) in [7, 11) is -2.91. The summed E-state index contributed by atoms with van der Waals surface area (Å²) in [6.45, 7) is 2.98. The first-order valence-corrected chi connectivity index (χ1v) is 12.7. The van der Waals surface area contributed by atoms with Crippen molar-refractivity contribution in [2.75, 3.05) is 49.1 Å². The molecule has 0 spiro atoms. The quantitative estimate of drug-likeness (QED) is 0.722. The maximum Gasteiger partial charge on any atom is 0.228 e. The number of carbonyl (C=O) groups is 2. The van der Waals surface area contributed by atoms with Gasteiger partial charge in [0, 0.05) is 50.6 Å². The molecule has 3 aliphatic rings. The van der Waals surface area contributed by atoms with E-state index >= 15 is 0 Å². The number of hydrogen-bond donors (Lipinski definition) is 0. The Morgan fingerprint density at radius 3 is 2.45 bits per heavy atom. The Balaban J connectivity index is 1.24. The molecule has 31 heavy (non-hydrogen) atoms. The van der Waals surface area contributed by atoms with Crippen molar-refractivity contribution in [2.45, 2.75) is 18.9 Å². The molecule has 0 aliphatic carbocycles. The second-order valence-electron chi connectivity index (χ2n) is 8.82. The fourth-order valence-corrected chi connectivity index (χ4v) is 6.94. The number of carbonyl (C=O) groups excluding carboxylic acids is 2. The molecule has 2 amide bonds. The lowest BCUT2D eigenvalue weighted by atomic mass is 10.1. The van der Waals surface area contributed by atoms with E-state index in [0.717, 1.165) is 16.5 Å². The van der Waals surface area contributed by atoms with Crippen LogP contribution in [0.25, 0.3) is 10.8 Å². The van der Waals surface area contributed by atoms with Crippen molar-refractivity contribution in [3.63, 3.8) is 0 Å². The summed E-state index contributed by atoms with van der Waals surface area (Å²) in [6.07, 6.45) is 0.927. The van der Waals surface area contributed by atoms with Gasteiger partial charge < -0.3 is 9.80 Å². The predicted molar refractivity (Wildman–Crippen MR) is 120 cm³/mol. The average molecular weight is 442 g/mol. The SMILES string of the molecule is O=C([C@@H]1CC(=O)N(c2cccc3ccccc23)C1)N1CCN([C@H]2CCS(=O)(=O)C2)CC1. The number of benzene rings is 2. The molecule has 8 heteroatoms. The van der Waals surface area contributed by atoms with Gasteiger partial charge in [-0.1, -0.05) is 36.4 Å². The van der Waals surface area contributed by atoms with Crippen LogP contribution in [0.15, 0.2) is 42.5 Å². The van der Waals surface area contributed by atoms with Crippen LogP contribution in [0, 0.1) is 5.92 Å². The van der Waals surface area contributed by atoms with Crippen LogP contribution in [0.5, 0.6) is 0 Å². The van der Waals surface area contributed by atoms with Crippen molar-refractivity contribution in [3.8, 4) is 0 Å². The molecule has 2 aromatic carbocycles. The molecule has 0 unspecified atom stereocenters. The van der Waals surface area contributed by atoms with E-state index in [1.807, 2.05) is 47.4 Å². The van der Waals surface area contributed by atoms with Gasteiger partial charge in [0.15, 0.2) is 9.84 Å². The minimum absolute atomic E-state index is 0.00972. The fraction of sp³-hybridized carbons (Fsp3) is 0.478. The summed E-state index contributed by atoms with van der Waals surface area (Å²) in [5.41, 5.74) is 0.866. The lowest BCUT2D eigenvalue weighted by molar-refractivity contribution is -0.137. The molecule has 2 aromatic rings. The van der Waals surface area contributed by atoms with Crippen LogP contribution in [-0.4, -0.2) is 80.3 Å². The summed E-state index contributed by atoms with van der Waals surface area (Å²) in [5.74, 6) is 0.201. The van der Waals surface area contributed by atoms with Gasteiger partial charge in [-0.05, 0) is 17.9 Å².